The molecule has 0 aromatic carbocycles. The van der Waals surface area contributed by atoms with E-state index in [1.807, 2.05) is 6.92 Å². The molecule has 0 aromatic heterocycles. The Morgan fingerprint density at radius 3 is 2.41 bits per heavy atom. The largest absolute Gasteiger partial charge is 0.393 e. The van der Waals surface area contributed by atoms with Crippen molar-refractivity contribution in [2.75, 3.05) is 0 Å². The summed E-state index contributed by atoms with van der Waals surface area (Å²) < 4.78 is 0. The quantitative estimate of drug-likeness (QED) is 0.468. The molecule has 0 aliphatic rings. The van der Waals surface area contributed by atoms with Crippen LogP contribution in [0, 0.1) is 0 Å². The van der Waals surface area contributed by atoms with Crippen molar-refractivity contribution in [1.82, 2.24) is 5.32 Å². The topological polar surface area (TPSA) is 55.1 Å². The molecular formula is C13H26N2OS. The third-order valence-corrected chi connectivity index (χ3v) is 2.98. The molecule has 0 saturated carbocycles. The van der Waals surface area contributed by atoms with Gasteiger partial charge in [0.15, 0.2) is 0 Å². The summed E-state index contributed by atoms with van der Waals surface area (Å²) in [5.41, 5.74) is 5.48. The lowest BCUT2D eigenvalue weighted by atomic mass is 10.1. The minimum Gasteiger partial charge on any atom is -0.393 e. The predicted molar refractivity (Wildman–Crippen MR) is 77.0 cm³/mol. The molecule has 1 amide bonds. The van der Waals surface area contributed by atoms with Crippen molar-refractivity contribution < 1.29 is 4.79 Å². The number of carbonyl (C=O) groups is 1. The van der Waals surface area contributed by atoms with Gasteiger partial charge in [-0.2, -0.15) is 0 Å². The Hall–Kier alpha value is -0.640. The summed E-state index contributed by atoms with van der Waals surface area (Å²) in [7, 11) is 0. The van der Waals surface area contributed by atoms with E-state index >= 15 is 0 Å². The summed E-state index contributed by atoms with van der Waals surface area (Å²) in [4.78, 5) is 12.1. The number of unbranched alkanes of at least 4 members (excludes halogenated alkanes) is 4. The Kier molecular flexibility index (Phi) is 10.1. The second kappa shape index (κ2) is 10.5. The van der Waals surface area contributed by atoms with Gasteiger partial charge in [-0.15, -0.1) is 0 Å². The molecule has 0 rings (SSSR count). The van der Waals surface area contributed by atoms with Crippen LogP contribution in [0.25, 0.3) is 0 Å². The molecule has 0 bridgehead atoms. The van der Waals surface area contributed by atoms with E-state index in [0.717, 1.165) is 19.3 Å². The zero-order chi connectivity index (χ0) is 13.1. The van der Waals surface area contributed by atoms with Crippen LogP contribution < -0.4 is 11.1 Å². The van der Waals surface area contributed by atoms with Crippen LogP contribution in [0.5, 0.6) is 0 Å². The summed E-state index contributed by atoms with van der Waals surface area (Å²) >= 11 is 4.85. The molecule has 1 unspecified atom stereocenters. The van der Waals surface area contributed by atoms with Crippen molar-refractivity contribution in [1.29, 1.82) is 0 Å². The standard InChI is InChI=1S/C13H26N2OS/c1-3-5-6-7-8-9-13(16)15-11(4-2)10-12(14)17/h11H,3-10H2,1-2H3,(H2,14,17)(H,15,16). The Balaban J connectivity index is 3.64. The molecule has 17 heavy (non-hydrogen) atoms. The van der Waals surface area contributed by atoms with Crippen molar-refractivity contribution in [2.45, 2.75) is 71.3 Å². The number of carbonyl (C=O) groups excluding carboxylic acids is 1. The average Bonchev–Trinajstić information content (AvgIpc) is 2.27. The van der Waals surface area contributed by atoms with Crippen molar-refractivity contribution >= 4 is 23.1 Å². The van der Waals surface area contributed by atoms with E-state index in [2.05, 4.69) is 12.2 Å². The third-order valence-electron chi connectivity index (χ3n) is 2.81. The van der Waals surface area contributed by atoms with Gasteiger partial charge in [-0.25, -0.2) is 0 Å². The number of nitrogens with one attached hydrogen (secondary N) is 1. The predicted octanol–water partition coefficient (Wildman–Crippen LogP) is 2.92. The van der Waals surface area contributed by atoms with Gasteiger partial charge in [0.05, 0.1) is 4.99 Å². The second-order valence-electron chi connectivity index (χ2n) is 4.51. The van der Waals surface area contributed by atoms with Gasteiger partial charge in [0.2, 0.25) is 5.91 Å². The molecule has 0 radical (unpaired) electrons. The number of amides is 1. The number of thiocarbonyl (C=S) groups is 1. The van der Waals surface area contributed by atoms with Gasteiger partial charge in [0, 0.05) is 18.9 Å². The van der Waals surface area contributed by atoms with Crippen molar-refractivity contribution in [3.8, 4) is 0 Å². The first-order chi connectivity index (χ1) is 8.10. The average molecular weight is 258 g/mol. The molecule has 3 N–H and O–H groups in total. The van der Waals surface area contributed by atoms with Crippen LogP contribution in [0.15, 0.2) is 0 Å². The van der Waals surface area contributed by atoms with Gasteiger partial charge in [0.1, 0.15) is 0 Å². The minimum atomic E-state index is 0.107. The smallest absolute Gasteiger partial charge is 0.220 e. The highest BCUT2D eigenvalue weighted by Crippen LogP contribution is 2.06. The number of rotatable bonds is 10. The molecule has 0 saturated heterocycles. The fourth-order valence-electron chi connectivity index (χ4n) is 1.73. The summed E-state index contributed by atoms with van der Waals surface area (Å²) in [6.07, 6.45) is 7.96. The monoisotopic (exact) mass is 258 g/mol. The van der Waals surface area contributed by atoms with Crippen LogP contribution in [0.3, 0.4) is 0 Å². The lowest BCUT2D eigenvalue weighted by Gasteiger charge is -2.16. The summed E-state index contributed by atoms with van der Waals surface area (Å²) in [5.74, 6) is 0.129. The zero-order valence-corrected chi connectivity index (χ0v) is 11.9. The molecule has 0 aromatic rings. The van der Waals surface area contributed by atoms with Crippen molar-refractivity contribution in [3.63, 3.8) is 0 Å². The Labute approximate surface area is 111 Å². The number of nitrogens with two attached hydrogens (primary N) is 1. The molecule has 0 fully saturated rings. The van der Waals surface area contributed by atoms with Gasteiger partial charge in [-0.1, -0.05) is 51.7 Å². The lowest BCUT2D eigenvalue weighted by Crippen LogP contribution is -2.36. The SMILES string of the molecule is CCCCCCCC(=O)NC(CC)CC(N)=S. The highest BCUT2D eigenvalue weighted by Gasteiger charge is 2.10. The van der Waals surface area contributed by atoms with E-state index < -0.39 is 0 Å². The molecule has 0 aliphatic carbocycles. The van der Waals surface area contributed by atoms with Crippen LogP contribution in [0.4, 0.5) is 0 Å². The molecule has 3 nitrogen and oxygen atoms in total. The summed E-state index contributed by atoms with van der Waals surface area (Å²) in [6.45, 7) is 4.22. The van der Waals surface area contributed by atoms with Gasteiger partial charge in [-0.05, 0) is 12.8 Å². The fraction of sp³-hybridized carbons (Fsp3) is 0.846. The molecule has 0 heterocycles. The molecule has 0 aliphatic heterocycles. The lowest BCUT2D eigenvalue weighted by molar-refractivity contribution is -0.121. The van der Waals surface area contributed by atoms with Crippen molar-refractivity contribution in [3.05, 3.63) is 0 Å². The van der Waals surface area contributed by atoms with Crippen LogP contribution in [-0.4, -0.2) is 16.9 Å². The van der Waals surface area contributed by atoms with Gasteiger partial charge in [0.25, 0.3) is 0 Å². The first-order valence-corrected chi connectivity index (χ1v) is 7.08. The minimum absolute atomic E-state index is 0.107. The maximum Gasteiger partial charge on any atom is 0.220 e. The van der Waals surface area contributed by atoms with E-state index in [1.165, 1.54) is 19.3 Å². The van der Waals surface area contributed by atoms with Crippen LogP contribution in [0.1, 0.15) is 65.2 Å². The molecule has 100 valence electrons. The summed E-state index contributed by atoms with van der Waals surface area (Å²) in [6, 6.07) is 0.107. The van der Waals surface area contributed by atoms with Crippen molar-refractivity contribution in [2.24, 2.45) is 5.73 Å². The van der Waals surface area contributed by atoms with Gasteiger partial charge < -0.3 is 11.1 Å². The summed E-state index contributed by atoms with van der Waals surface area (Å²) in [5, 5.41) is 2.98. The van der Waals surface area contributed by atoms with Gasteiger partial charge in [-0.3, -0.25) is 4.79 Å². The highest BCUT2D eigenvalue weighted by molar-refractivity contribution is 7.80. The molecule has 4 heteroatoms. The van der Waals surface area contributed by atoms with E-state index in [9.17, 15) is 4.79 Å². The van der Waals surface area contributed by atoms with Crippen LogP contribution in [0.2, 0.25) is 0 Å². The van der Waals surface area contributed by atoms with E-state index in [4.69, 9.17) is 18.0 Å². The van der Waals surface area contributed by atoms with E-state index in [0.29, 0.717) is 17.8 Å². The Morgan fingerprint density at radius 2 is 1.88 bits per heavy atom. The third kappa shape index (κ3) is 10.2. The van der Waals surface area contributed by atoms with Crippen LogP contribution in [-0.2, 0) is 4.79 Å². The zero-order valence-electron chi connectivity index (χ0n) is 11.1. The Morgan fingerprint density at radius 1 is 1.24 bits per heavy atom. The van der Waals surface area contributed by atoms with Gasteiger partial charge >= 0.3 is 0 Å². The fourth-order valence-corrected chi connectivity index (χ4v) is 1.93. The van der Waals surface area contributed by atoms with E-state index in [-0.39, 0.29) is 11.9 Å². The maximum absolute atomic E-state index is 11.6. The first-order valence-electron chi connectivity index (χ1n) is 6.67. The maximum atomic E-state index is 11.6. The highest BCUT2D eigenvalue weighted by atomic mass is 32.1. The number of hydrogen-bond acceptors (Lipinski definition) is 2. The number of hydrogen-bond donors (Lipinski definition) is 2. The molecular weight excluding hydrogens is 232 g/mol. The molecule has 0 spiro atoms. The molecule has 1 atom stereocenters. The van der Waals surface area contributed by atoms with E-state index in [1.54, 1.807) is 0 Å². The normalized spacial score (nSPS) is 12.1. The second-order valence-corrected chi connectivity index (χ2v) is 5.03. The Bertz CT molecular complexity index is 231. The van der Waals surface area contributed by atoms with Crippen LogP contribution >= 0.6 is 12.2 Å². The first kappa shape index (κ1) is 16.4.